The van der Waals surface area contributed by atoms with Crippen LogP contribution in [0.25, 0.3) is 89.3 Å². The van der Waals surface area contributed by atoms with Gasteiger partial charge in [0.15, 0.2) is 11.6 Å². The predicted octanol–water partition coefficient (Wildman–Crippen LogP) is 10.5. The first-order chi connectivity index (χ1) is 24.8. The lowest BCUT2D eigenvalue weighted by Crippen LogP contribution is -2.06. The van der Waals surface area contributed by atoms with Crippen molar-refractivity contribution in [2.45, 2.75) is 0 Å². The summed E-state index contributed by atoms with van der Waals surface area (Å²) < 4.78 is 4.51. The monoisotopic (exact) mass is 640 g/mol. The zero-order valence-corrected chi connectivity index (χ0v) is 26.8. The van der Waals surface area contributed by atoms with Gasteiger partial charge in [-0.2, -0.15) is 9.97 Å². The summed E-state index contributed by atoms with van der Waals surface area (Å²) in [6.45, 7) is 0. The normalized spacial score (nSPS) is 11.6. The van der Waals surface area contributed by atoms with Crippen LogP contribution in [-0.2, 0) is 0 Å². The number of fused-ring (bicyclic) bond motifs is 6. The quantitative estimate of drug-likeness (QED) is 0.188. The van der Waals surface area contributed by atoms with Crippen molar-refractivity contribution in [3.63, 3.8) is 0 Å². The maximum Gasteiger partial charge on any atom is 0.238 e. The number of hydrogen-bond donors (Lipinski definition) is 0. The molecular weight excluding hydrogens is 613 g/mol. The molecule has 0 fully saturated rings. The minimum absolute atomic E-state index is 0.541. The number of pyridine rings is 1. The molecule has 6 heteroatoms. The Balaban J connectivity index is 1.27. The van der Waals surface area contributed by atoms with E-state index in [1.807, 2.05) is 72.9 Å². The van der Waals surface area contributed by atoms with Gasteiger partial charge in [-0.05, 0) is 48.0 Å². The molecule has 0 amide bonds. The highest BCUT2D eigenvalue weighted by Crippen LogP contribution is 2.40. The Bertz CT molecular complexity index is 2800. The van der Waals surface area contributed by atoms with Crippen LogP contribution in [0.5, 0.6) is 0 Å². The van der Waals surface area contributed by atoms with Crippen LogP contribution in [0.15, 0.2) is 170 Å². The molecule has 6 nitrogen and oxygen atoms in total. The second-order valence-electron chi connectivity index (χ2n) is 12.3. The summed E-state index contributed by atoms with van der Waals surface area (Å²) in [6.07, 6.45) is 1.84. The van der Waals surface area contributed by atoms with Gasteiger partial charge in [-0.15, -0.1) is 0 Å². The summed E-state index contributed by atoms with van der Waals surface area (Å²) in [5, 5.41) is 3.46. The van der Waals surface area contributed by atoms with E-state index < -0.39 is 0 Å². The molecular formula is C44H28N6. The van der Waals surface area contributed by atoms with E-state index in [1.54, 1.807) is 0 Å². The highest BCUT2D eigenvalue weighted by atomic mass is 15.2. The van der Waals surface area contributed by atoms with E-state index in [4.69, 9.17) is 19.9 Å². The van der Waals surface area contributed by atoms with Crippen LogP contribution in [0.2, 0.25) is 0 Å². The fraction of sp³-hybridized carbons (Fsp3) is 0. The lowest BCUT2D eigenvalue weighted by atomic mass is 10.0. The molecule has 0 aliphatic heterocycles. The van der Waals surface area contributed by atoms with Crippen molar-refractivity contribution in [3.8, 4) is 45.5 Å². The SMILES string of the molecule is c1ccc(-c2nc(-c3ccccc3)nc(-n3c4cc(-c5cccc6c7ccccc7n(-c7ccccc7)c56)ccc4c4ncccc43)n2)cc1. The number of aromatic nitrogens is 6. The lowest BCUT2D eigenvalue weighted by Gasteiger charge is -2.13. The Kier molecular flexibility index (Phi) is 6.39. The van der Waals surface area contributed by atoms with E-state index in [-0.39, 0.29) is 0 Å². The predicted molar refractivity (Wildman–Crippen MR) is 203 cm³/mol. The average molecular weight is 641 g/mol. The third kappa shape index (κ3) is 4.43. The van der Waals surface area contributed by atoms with Crippen molar-refractivity contribution in [3.05, 3.63) is 170 Å². The summed E-state index contributed by atoms with van der Waals surface area (Å²) in [6, 6.07) is 56.7. The summed E-state index contributed by atoms with van der Waals surface area (Å²) in [4.78, 5) is 20.0. The fourth-order valence-electron chi connectivity index (χ4n) is 7.21. The van der Waals surface area contributed by atoms with Crippen LogP contribution in [0.3, 0.4) is 0 Å². The molecule has 234 valence electrons. The minimum Gasteiger partial charge on any atom is -0.309 e. The van der Waals surface area contributed by atoms with Crippen LogP contribution < -0.4 is 0 Å². The van der Waals surface area contributed by atoms with Crippen molar-refractivity contribution < 1.29 is 0 Å². The topological polar surface area (TPSA) is 61.4 Å². The fourth-order valence-corrected chi connectivity index (χ4v) is 7.21. The largest absolute Gasteiger partial charge is 0.309 e. The second-order valence-corrected chi connectivity index (χ2v) is 12.3. The zero-order valence-electron chi connectivity index (χ0n) is 26.8. The maximum atomic E-state index is 5.12. The molecule has 10 aromatic rings. The number of hydrogen-bond acceptors (Lipinski definition) is 4. The summed E-state index contributed by atoms with van der Waals surface area (Å²) in [7, 11) is 0. The van der Waals surface area contributed by atoms with Gasteiger partial charge in [-0.25, -0.2) is 4.98 Å². The molecule has 0 atom stereocenters. The second kappa shape index (κ2) is 11.4. The summed E-state index contributed by atoms with van der Waals surface area (Å²) in [5.41, 5.74) is 10.3. The Hall–Kier alpha value is -6.92. The molecule has 0 unspecified atom stereocenters. The number of para-hydroxylation sites is 3. The van der Waals surface area contributed by atoms with Gasteiger partial charge in [0.05, 0.1) is 27.6 Å². The first kappa shape index (κ1) is 28.1. The van der Waals surface area contributed by atoms with Gasteiger partial charge in [-0.1, -0.05) is 121 Å². The molecule has 50 heavy (non-hydrogen) atoms. The minimum atomic E-state index is 0.541. The van der Waals surface area contributed by atoms with Crippen LogP contribution in [0, 0.1) is 0 Å². The van der Waals surface area contributed by atoms with Gasteiger partial charge in [-0.3, -0.25) is 9.55 Å². The third-order valence-electron chi connectivity index (χ3n) is 9.43. The molecule has 10 rings (SSSR count). The Labute approximate surface area is 287 Å². The molecule has 0 aliphatic carbocycles. The highest BCUT2D eigenvalue weighted by Gasteiger charge is 2.21. The van der Waals surface area contributed by atoms with E-state index in [9.17, 15) is 0 Å². The van der Waals surface area contributed by atoms with E-state index >= 15 is 0 Å². The molecule has 0 aliphatic rings. The molecule has 0 bridgehead atoms. The van der Waals surface area contributed by atoms with E-state index in [1.165, 1.54) is 16.3 Å². The van der Waals surface area contributed by atoms with Gasteiger partial charge >= 0.3 is 0 Å². The van der Waals surface area contributed by atoms with Gasteiger partial charge in [0.2, 0.25) is 5.95 Å². The van der Waals surface area contributed by atoms with E-state index in [0.29, 0.717) is 17.6 Å². The van der Waals surface area contributed by atoms with Crippen LogP contribution in [0.1, 0.15) is 0 Å². The standard InChI is InChI=1S/C44H28N6/c1-4-14-29(15-5-1)42-46-43(30-16-6-2-7-17-30)48-44(47-42)50-38-24-13-27-45-40(38)36-26-25-31(28-39(36)50)33-21-12-22-35-34-20-10-11-23-37(34)49(41(33)35)32-18-8-3-9-19-32/h1-28H. The van der Waals surface area contributed by atoms with Gasteiger partial charge in [0, 0.05) is 44.7 Å². The van der Waals surface area contributed by atoms with Crippen LogP contribution >= 0.6 is 0 Å². The van der Waals surface area contributed by atoms with Gasteiger partial charge in [0.25, 0.3) is 0 Å². The zero-order chi connectivity index (χ0) is 33.0. The van der Waals surface area contributed by atoms with Crippen molar-refractivity contribution in [2.75, 3.05) is 0 Å². The van der Waals surface area contributed by atoms with Crippen LogP contribution in [-0.4, -0.2) is 29.1 Å². The molecule has 0 spiro atoms. The number of nitrogens with zero attached hydrogens (tertiary/aromatic N) is 6. The molecule has 0 radical (unpaired) electrons. The third-order valence-corrected chi connectivity index (χ3v) is 9.43. The molecule has 0 saturated heterocycles. The first-order valence-electron chi connectivity index (χ1n) is 16.7. The van der Waals surface area contributed by atoms with Gasteiger partial charge in [0.1, 0.15) is 0 Å². The molecule has 0 saturated carbocycles. The van der Waals surface area contributed by atoms with Crippen molar-refractivity contribution in [1.29, 1.82) is 0 Å². The molecule has 6 aromatic carbocycles. The van der Waals surface area contributed by atoms with Crippen LogP contribution in [0.4, 0.5) is 0 Å². The number of benzene rings is 6. The van der Waals surface area contributed by atoms with Crippen molar-refractivity contribution >= 4 is 43.7 Å². The first-order valence-corrected chi connectivity index (χ1v) is 16.7. The summed E-state index contributed by atoms with van der Waals surface area (Å²) in [5.74, 6) is 1.77. The van der Waals surface area contributed by atoms with E-state index in [0.717, 1.165) is 55.4 Å². The highest BCUT2D eigenvalue weighted by molar-refractivity contribution is 6.15. The molecule has 0 N–H and O–H groups in total. The lowest BCUT2D eigenvalue weighted by molar-refractivity contribution is 0.953. The van der Waals surface area contributed by atoms with Gasteiger partial charge < -0.3 is 4.57 Å². The molecule has 4 heterocycles. The van der Waals surface area contributed by atoms with Crippen molar-refractivity contribution in [2.24, 2.45) is 0 Å². The Morgan fingerprint density at radius 3 is 1.78 bits per heavy atom. The maximum absolute atomic E-state index is 5.12. The van der Waals surface area contributed by atoms with Crippen molar-refractivity contribution in [1.82, 2.24) is 29.1 Å². The Morgan fingerprint density at radius 2 is 1.04 bits per heavy atom. The summed E-state index contributed by atoms with van der Waals surface area (Å²) >= 11 is 0. The molecule has 4 aromatic heterocycles. The van der Waals surface area contributed by atoms with E-state index in [2.05, 4.69) is 106 Å². The Morgan fingerprint density at radius 1 is 0.400 bits per heavy atom. The number of rotatable bonds is 5. The smallest absolute Gasteiger partial charge is 0.238 e. The average Bonchev–Trinajstić information content (AvgIpc) is 3.71.